The van der Waals surface area contributed by atoms with Gasteiger partial charge in [0.05, 0.1) is 29.9 Å². The smallest absolute Gasteiger partial charge is 0.351 e. The number of carbonyl (C=O) groups is 2. The van der Waals surface area contributed by atoms with Crippen molar-refractivity contribution in [1.29, 1.82) is 0 Å². The number of hydrogen-bond acceptors (Lipinski definition) is 4. The average Bonchev–Trinajstić information content (AvgIpc) is 3.06. The molecule has 158 valence electrons. The van der Waals surface area contributed by atoms with Gasteiger partial charge in [-0.15, -0.1) is 0 Å². The van der Waals surface area contributed by atoms with Gasteiger partial charge in [0.25, 0.3) is 5.91 Å². The number of halogens is 3. The van der Waals surface area contributed by atoms with E-state index in [1.807, 2.05) is 0 Å². The maximum Gasteiger partial charge on any atom is 0.416 e. The largest absolute Gasteiger partial charge is 0.416 e. The fraction of sp³-hybridized carbons (Fsp3) is 0.429. The van der Waals surface area contributed by atoms with Gasteiger partial charge in [-0.2, -0.15) is 13.2 Å². The summed E-state index contributed by atoms with van der Waals surface area (Å²) in [6.45, 7) is 0. The summed E-state index contributed by atoms with van der Waals surface area (Å²) < 4.78 is 39.8. The summed E-state index contributed by atoms with van der Waals surface area (Å²) in [5, 5.41) is 2.97. The van der Waals surface area contributed by atoms with Crippen molar-refractivity contribution in [3.63, 3.8) is 0 Å². The molecule has 0 aliphatic carbocycles. The van der Waals surface area contributed by atoms with E-state index in [2.05, 4.69) is 15.3 Å². The first-order valence-electron chi connectivity index (χ1n) is 9.90. The SMILES string of the molecule is O=C1CCCC[C@H]2[C@@H](C[C@@H](c3cccc(C(F)(F)F)c3)N2C(=O)c2cnccn2)N1. The molecule has 3 heterocycles. The normalized spacial score (nSPS) is 24.6. The van der Waals surface area contributed by atoms with Crippen LogP contribution < -0.4 is 5.32 Å². The molecule has 30 heavy (non-hydrogen) atoms. The quantitative estimate of drug-likeness (QED) is 0.810. The molecule has 3 atom stereocenters. The summed E-state index contributed by atoms with van der Waals surface area (Å²) >= 11 is 0. The van der Waals surface area contributed by atoms with E-state index in [0.29, 0.717) is 31.2 Å². The maximum atomic E-state index is 13.3. The number of amides is 2. The van der Waals surface area contributed by atoms with Crippen LogP contribution >= 0.6 is 0 Å². The fourth-order valence-corrected chi connectivity index (χ4v) is 4.40. The molecule has 6 nitrogen and oxygen atoms in total. The van der Waals surface area contributed by atoms with Crippen LogP contribution in [0, 0.1) is 0 Å². The van der Waals surface area contributed by atoms with E-state index in [1.165, 1.54) is 24.7 Å². The summed E-state index contributed by atoms with van der Waals surface area (Å²) in [7, 11) is 0. The Balaban J connectivity index is 1.75. The number of aromatic nitrogens is 2. The van der Waals surface area contributed by atoms with Crippen molar-refractivity contribution in [2.24, 2.45) is 0 Å². The predicted molar refractivity (Wildman–Crippen MR) is 101 cm³/mol. The number of nitrogens with zero attached hydrogens (tertiary/aromatic N) is 3. The van der Waals surface area contributed by atoms with Gasteiger partial charge in [-0.1, -0.05) is 18.6 Å². The van der Waals surface area contributed by atoms with E-state index in [9.17, 15) is 22.8 Å². The number of fused-ring (bicyclic) bond motifs is 1. The van der Waals surface area contributed by atoms with Crippen molar-refractivity contribution in [3.8, 4) is 0 Å². The van der Waals surface area contributed by atoms with Crippen LogP contribution in [-0.4, -0.2) is 38.8 Å². The Morgan fingerprint density at radius 3 is 2.77 bits per heavy atom. The molecular weight excluding hydrogens is 397 g/mol. The Labute approximate surface area is 171 Å². The zero-order chi connectivity index (χ0) is 21.3. The van der Waals surface area contributed by atoms with Crippen molar-refractivity contribution in [2.45, 2.75) is 56.4 Å². The lowest BCUT2D eigenvalue weighted by Crippen LogP contribution is -2.48. The molecule has 2 fully saturated rings. The lowest BCUT2D eigenvalue weighted by Gasteiger charge is -2.33. The van der Waals surface area contributed by atoms with Gasteiger partial charge in [0.2, 0.25) is 5.91 Å². The first kappa shape index (κ1) is 20.3. The predicted octanol–water partition coefficient (Wildman–Crippen LogP) is 3.51. The molecule has 0 radical (unpaired) electrons. The maximum absolute atomic E-state index is 13.3. The van der Waals surface area contributed by atoms with Gasteiger partial charge in [0.1, 0.15) is 5.69 Å². The first-order chi connectivity index (χ1) is 14.3. The second-order valence-electron chi connectivity index (χ2n) is 7.66. The molecule has 0 spiro atoms. The zero-order valence-corrected chi connectivity index (χ0v) is 16.1. The van der Waals surface area contributed by atoms with E-state index in [-0.39, 0.29) is 23.7 Å². The second kappa shape index (κ2) is 8.04. The number of hydrogen-bond donors (Lipinski definition) is 1. The van der Waals surface area contributed by atoms with Crippen LogP contribution in [0.2, 0.25) is 0 Å². The highest BCUT2D eigenvalue weighted by Crippen LogP contribution is 2.41. The molecule has 2 aromatic rings. The van der Waals surface area contributed by atoms with Crippen molar-refractivity contribution in [1.82, 2.24) is 20.2 Å². The van der Waals surface area contributed by atoms with E-state index in [0.717, 1.165) is 18.6 Å². The van der Waals surface area contributed by atoms with Gasteiger partial charge in [0, 0.05) is 18.8 Å². The van der Waals surface area contributed by atoms with Gasteiger partial charge in [-0.05, 0) is 37.0 Å². The van der Waals surface area contributed by atoms with Gasteiger partial charge < -0.3 is 10.2 Å². The summed E-state index contributed by atoms with van der Waals surface area (Å²) in [6.07, 6.45) is 2.60. The minimum atomic E-state index is -4.48. The number of rotatable bonds is 2. The summed E-state index contributed by atoms with van der Waals surface area (Å²) in [4.78, 5) is 35.1. The molecule has 9 heteroatoms. The second-order valence-corrected chi connectivity index (χ2v) is 7.66. The molecule has 2 aliphatic heterocycles. The Kier molecular flexibility index (Phi) is 5.44. The minimum Gasteiger partial charge on any atom is -0.351 e. The standard InChI is InChI=1S/C21H21F3N4O2/c22-21(23,24)14-5-3-4-13(10-14)18-11-15-17(6-1-2-7-19(29)27-15)28(18)20(30)16-12-25-8-9-26-16/h3-5,8-10,12,15,17-18H,1-2,6-7,11H2,(H,27,29)/t15-,17+,18+/m1/s1. The Bertz CT molecular complexity index is 935. The Morgan fingerprint density at radius 1 is 1.20 bits per heavy atom. The lowest BCUT2D eigenvalue weighted by molar-refractivity contribution is -0.137. The highest BCUT2D eigenvalue weighted by molar-refractivity contribution is 5.93. The van der Waals surface area contributed by atoms with Crippen LogP contribution in [0.3, 0.4) is 0 Å². The molecule has 2 amide bonds. The number of carbonyl (C=O) groups excluding carboxylic acids is 2. The molecule has 2 aliphatic rings. The average molecular weight is 418 g/mol. The third-order valence-electron chi connectivity index (χ3n) is 5.75. The van der Waals surface area contributed by atoms with Crippen LogP contribution in [0.15, 0.2) is 42.9 Å². The van der Waals surface area contributed by atoms with Crippen LogP contribution in [0.1, 0.15) is 59.8 Å². The topological polar surface area (TPSA) is 75.2 Å². The van der Waals surface area contributed by atoms with Crippen molar-refractivity contribution < 1.29 is 22.8 Å². The number of likely N-dealkylation sites (tertiary alicyclic amines) is 1. The van der Waals surface area contributed by atoms with Gasteiger partial charge >= 0.3 is 6.18 Å². The van der Waals surface area contributed by atoms with Crippen LogP contribution in [0.4, 0.5) is 13.2 Å². The van der Waals surface area contributed by atoms with E-state index in [4.69, 9.17) is 0 Å². The minimum absolute atomic E-state index is 0.0960. The van der Waals surface area contributed by atoms with Crippen LogP contribution in [-0.2, 0) is 11.0 Å². The number of benzene rings is 1. The lowest BCUT2D eigenvalue weighted by atomic mass is 9.97. The molecule has 4 rings (SSSR count). The fourth-order valence-electron chi connectivity index (χ4n) is 4.40. The summed E-state index contributed by atoms with van der Waals surface area (Å²) in [5.41, 5.74) is -0.244. The third-order valence-corrected chi connectivity index (χ3v) is 5.75. The van der Waals surface area contributed by atoms with E-state index < -0.39 is 23.7 Å². The molecule has 0 unspecified atom stereocenters. The van der Waals surface area contributed by atoms with E-state index in [1.54, 1.807) is 11.0 Å². The molecule has 0 saturated carbocycles. The highest BCUT2D eigenvalue weighted by atomic mass is 19.4. The van der Waals surface area contributed by atoms with E-state index >= 15 is 0 Å². The molecule has 1 aromatic carbocycles. The van der Waals surface area contributed by atoms with Gasteiger partial charge in [0.15, 0.2) is 0 Å². The molecule has 1 N–H and O–H groups in total. The first-order valence-corrected chi connectivity index (χ1v) is 9.90. The monoisotopic (exact) mass is 418 g/mol. The molecule has 1 aromatic heterocycles. The van der Waals surface area contributed by atoms with Crippen molar-refractivity contribution in [3.05, 3.63) is 59.7 Å². The summed E-state index contributed by atoms with van der Waals surface area (Å²) in [5.74, 6) is -0.492. The number of nitrogens with one attached hydrogen (secondary N) is 1. The molecule has 0 bridgehead atoms. The third kappa shape index (κ3) is 4.01. The summed E-state index contributed by atoms with van der Waals surface area (Å²) in [6, 6.07) is 3.80. The van der Waals surface area contributed by atoms with Crippen molar-refractivity contribution >= 4 is 11.8 Å². The zero-order valence-electron chi connectivity index (χ0n) is 16.1. The molecular formula is C21H21F3N4O2. The van der Waals surface area contributed by atoms with Gasteiger partial charge in [-0.25, -0.2) is 4.98 Å². The van der Waals surface area contributed by atoms with Crippen LogP contribution in [0.25, 0.3) is 0 Å². The van der Waals surface area contributed by atoms with Crippen LogP contribution in [0.5, 0.6) is 0 Å². The Morgan fingerprint density at radius 2 is 2.03 bits per heavy atom. The number of alkyl halides is 3. The van der Waals surface area contributed by atoms with Gasteiger partial charge in [-0.3, -0.25) is 14.6 Å². The van der Waals surface area contributed by atoms with Crippen molar-refractivity contribution in [2.75, 3.05) is 0 Å². The highest BCUT2D eigenvalue weighted by Gasteiger charge is 2.46. The Hall–Kier alpha value is -2.97. The molecule has 2 saturated heterocycles.